The van der Waals surface area contributed by atoms with Gasteiger partial charge in [-0.05, 0) is 37.5 Å². The average Bonchev–Trinajstić information content (AvgIpc) is 2.25. The smallest absolute Gasteiger partial charge is 0.0761 e. The van der Waals surface area contributed by atoms with Gasteiger partial charge in [0.05, 0.1) is 6.10 Å². The van der Waals surface area contributed by atoms with Gasteiger partial charge >= 0.3 is 0 Å². The second-order valence-electron chi connectivity index (χ2n) is 3.66. The zero-order valence-corrected chi connectivity index (χ0v) is 9.11. The number of unbranched alkanes of at least 4 members (excludes halogenated alkanes) is 1. The maximum atomic E-state index is 9.31. The fraction of sp³-hybridized carbons (Fsp3) is 0.500. The van der Waals surface area contributed by atoms with Gasteiger partial charge in [0.1, 0.15) is 0 Å². The lowest BCUT2D eigenvalue weighted by atomic mass is 10.1. The van der Waals surface area contributed by atoms with Gasteiger partial charge in [-0.3, -0.25) is 0 Å². The van der Waals surface area contributed by atoms with Gasteiger partial charge in [0.2, 0.25) is 0 Å². The molecule has 0 aliphatic heterocycles. The fourth-order valence-electron chi connectivity index (χ4n) is 1.35. The Hall–Kier alpha value is -1.06. The van der Waals surface area contributed by atoms with Crippen molar-refractivity contribution in [3.63, 3.8) is 0 Å². The highest BCUT2D eigenvalue weighted by molar-refractivity contribution is 5.44. The van der Waals surface area contributed by atoms with Gasteiger partial charge in [0, 0.05) is 18.8 Å². The van der Waals surface area contributed by atoms with Crippen LogP contribution in [-0.4, -0.2) is 23.4 Å². The van der Waals surface area contributed by atoms with Gasteiger partial charge in [-0.15, -0.1) is 0 Å². The van der Waals surface area contributed by atoms with E-state index in [-0.39, 0.29) is 6.61 Å². The molecule has 0 bridgehead atoms. The molecule has 84 valence electrons. The number of rotatable bonds is 6. The van der Waals surface area contributed by atoms with Crippen molar-refractivity contribution in [2.75, 3.05) is 18.5 Å². The summed E-state index contributed by atoms with van der Waals surface area (Å²) in [7, 11) is 0. The Morgan fingerprint density at radius 3 is 2.40 bits per heavy atom. The summed E-state index contributed by atoms with van der Waals surface area (Å²) in [5.41, 5.74) is 1.98. The Morgan fingerprint density at radius 2 is 1.87 bits per heavy atom. The highest BCUT2D eigenvalue weighted by Gasteiger charge is 1.99. The molecule has 0 aliphatic rings. The lowest BCUT2D eigenvalue weighted by Gasteiger charge is -2.08. The standard InChI is InChI=1S/C12H19NO2/c1-10(15)11-4-6-12(7-5-11)13-8-2-3-9-14/h4-7,10,13-15H,2-3,8-9H2,1H3. The van der Waals surface area contributed by atoms with Crippen LogP contribution in [0.25, 0.3) is 0 Å². The number of hydrogen-bond acceptors (Lipinski definition) is 3. The van der Waals surface area contributed by atoms with Crippen LogP contribution in [0.4, 0.5) is 5.69 Å². The van der Waals surface area contributed by atoms with Crippen LogP contribution < -0.4 is 5.32 Å². The quantitative estimate of drug-likeness (QED) is 0.627. The lowest BCUT2D eigenvalue weighted by molar-refractivity contribution is 0.199. The Morgan fingerprint density at radius 1 is 1.20 bits per heavy atom. The van der Waals surface area contributed by atoms with Gasteiger partial charge in [0.25, 0.3) is 0 Å². The molecule has 1 rings (SSSR count). The zero-order chi connectivity index (χ0) is 11.1. The molecule has 0 radical (unpaired) electrons. The molecule has 0 heterocycles. The summed E-state index contributed by atoms with van der Waals surface area (Å²) in [6.45, 7) is 2.88. The van der Waals surface area contributed by atoms with Crippen molar-refractivity contribution in [2.24, 2.45) is 0 Å². The summed E-state index contributed by atoms with van der Waals surface area (Å²) in [6.07, 6.45) is 1.39. The summed E-state index contributed by atoms with van der Waals surface area (Å²) in [6, 6.07) is 7.75. The van der Waals surface area contributed by atoms with Crippen molar-refractivity contribution in [2.45, 2.75) is 25.9 Å². The van der Waals surface area contributed by atoms with Crippen molar-refractivity contribution in [3.8, 4) is 0 Å². The molecule has 0 saturated carbocycles. The number of aliphatic hydroxyl groups excluding tert-OH is 2. The molecule has 1 unspecified atom stereocenters. The summed E-state index contributed by atoms with van der Waals surface area (Å²) >= 11 is 0. The molecule has 1 aromatic rings. The highest BCUT2D eigenvalue weighted by Crippen LogP contribution is 2.15. The molecule has 3 heteroatoms. The van der Waals surface area contributed by atoms with Crippen LogP contribution in [0.5, 0.6) is 0 Å². The average molecular weight is 209 g/mol. The van der Waals surface area contributed by atoms with E-state index in [0.29, 0.717) is 0 Å². The molecule has 0 aliphatic carbocycles. The molecule has 0 saturated heterocycles. The summed E-state index contributed by atoms with van der Waals surface area (Å²) in [4.78, 5) is 0. The maximum absolute atomic E-state index is 9.31. The Balaban J connectivity index is 2.36. The minimum Gasteiger partial charge on any atom is -0.396 e. The lowest BCUT2D eigenvalue weighted by Crippen LogP contribution is -2.02. The predicted molar refractivity (Wildman–Crippen MR) is 61.9 cm³/mol. The molecule has 3 N–H and O–H groups in total. The van der Waals surface area contributed by atoms with Gasteiger partial charge in [0.15, 0.2) is 0 Å². The molecule has 0 spiro atoms. The predicted octanol–water partition coefficient (Wildman–Crippen LogP) is 1.92. The van der Waals surface area contributed by atoms with E-state index in [1.165, 1.54) is 0 Å². The zero-order valence-electron chi connectivity index (χ0n) is 9.11. The first-order chi connectivity index (χ1) is 7.24. The minimum atomic E-state index is -0.409. The molecular formula is C12H19NO2. The third-order valence-corrected chi connectivity index (χ3v) is 2.31. The van der Waals surface area contributed by atoms with E-state index in [2.05, 4.69) is 5.32 Å². The molecule has 3 nitrogen and oxygen atoms in total. The van der Waals surface area contributed by atoms with Gasteiger partial charge in [-0.1, -0.05) is 12.1 Å². The first kappa shape index (κ1) is 12.0. The van der Waals surface area contributed by atoms with Crippen molar-refractivity contribution >= 4 is 5.69 Å². The number of anilines is 1. The third-order valence-electron chi connectivity index (χ3n) is 2.31. The van der Waals surface area contributed by atoms with Gasteiger partial charge in [-0.25, -0.2) is 0 Å². The topological polar surface area (TPSA) is 52.5 Å². The van der Waals surface area contributed by atoms with Crippen LogP contribution in [0.2, 0.25) is 0 Å². The molecular weight excluding hydrogens is 190 g/mol. The normalized spacial score (nSPS) is 12.5. The third kappa shape index (κ3) is 4.32. The van der Waals surface area contributed by atoms with E-state index < -0.39 is 6.10 Å². The van der Waals surface area contributed by atoms with Gasteiger partial charge in [-0.2, -0.15) is 0 Å². The van der Waals surface area contributed by atoms with Crippen LogP contribution in [0.15, 0.2) is 24.3 Å². The Bertz CT molecular complexity index is 269. The van der Waals surface area contributed by atoms with Crippen molar-refractivity contribution in [3.05, 3.63) is 29.8 Å². The summed E-state index contributed by atoms with van der Waals surface area (Å²) in [5, 5.41) is 21.2. The van der Waals surface area contributed by atoms with Crippen LogP contribution in [0.3, 0.4) is 0 Å². The van der Waals surface area contributed by atoms with Crippen LogP contribution in [0.1, 0.15) is 31.4 Å². The van der Waals surface area contributed by atoms with Crippen LogP contribution in [-0.2, 0) is 0 Å². The molecule has 0 amide bonds. The molecule has 1 atom stereocenters. The Labute approximate surface area is 90.8 Å². The molecule has 0 fully saturated rings. The first-order valence-corrected chi connectivity index (χ1v) is 5.37. The first-order valence-electron chi connectivity index (χ1n) is 5.37. The van der Waals surface area contributed by atoms with E-state index in [1.807, 2.05) is 24.3 Å². The van der Waals surface area contributed by atoms with Crippen LogP contribution >= 0.6 is 0 Å². The van der Waals surface area contributed by atoms with Crippen LogP contribution in [0, 0.1) is 0 Å². The van der Waals surface area contributed by atoms with Gasteiger partial charge < -0.3 is 15.5 Å². The molecule has 0 aromatic heterocycles. The number of benzene rings is 1. The second kappa shape index (κ2) is 6.43. The van der Waals surface area contributed by atoms with E-state index >= 15 is 0 Å². The molecule has 1 aromatic carbocycles. The highest BCUT2D eigenvalue weighted by atomic mass is 16.3. The van der Waals surface area contributed by atoms with E-state index in [0.717, 1.165) is 30.6 Å². The monoisotopic (exact) mass is 209 g/mol. The molecule has 15 heavy (non-hydrogen) atoms. The number of hydrogen-bond donors (Lipinski definition) is 3. The Kier molecular flexibility index (Phi) is 5.15. The largest absolute Gasteiger partial charge is 0.396 e. The number of aliphatic hydroxyl groups is 2. The van der Waals surface area contributed by atoms with E-state index in [4.69, 9.17) is 5.11 Å². The van der Waals surface area contributed by atoms with E-state index in [1.54, 1.807) is 6.92 Å². The second-order valence-corrected chi connectivity index (χ2v) is 3.66. The summed E-state index contributed by atoms with van der Waals surface area (Å²) < 4.78 is 0. The fourth-order valence-corrected chi connectivity index (χ4v) is 1.35. The number of nitrogens with one attached hydrogen (secondary N) is 1. The van der Waals surface area contributed by atoms with Crippen molar-refractivity contribution in [1.29, 1.82) is 0 Å². The van der Waals surface area contributed by atoms with Crippen molar-refractivity contribution < 1.29 is 10.2 Å². The van der Waals surface area contributed by atoms with Crippen molar-refractivity contribution in [1.82, 2.24) is 0 Å². The maximum Gasteiger partial charge on any atom is 0.0761 e. The van der Waals surface area contributed by atoms with E-state index in [9.17, 15) is 5.11 Å². The summed E-state index contributed by atoms with van der Waals surface area (Å²) in [5.74, 6) is 0. The minimum absolute atomic E-state index is 0.253. The SMILES string of the molecule is CC(O)c1ccc(NCCCCO)cc1.